The summed E-state index contributed by atoms with van der Waals surface area (Å²) < 4.78 is 42.4. The molecular formula is C23H20FN3O3S2. The third kappa shape index (κ3) is 5.17. The second kappa shape index (κ2) is 9.54. The van der Waals surface area contributed by atoms with Crippen LogP contribution in [-0.4, -0.2) is 25.2 Å². The van der Waals surface area contributed by atoms with E-state index in [2.05, 4.69) is 9.71 Å². The molecule has 1 heterocycles. The van der Waals surface area contributed by atoms with E-state index in [9.17, 15) is 17.6 Å². The van der Waals surface area contributed by atoms with Crippen LogP contribution in [0.1, 0.15) is 11.1 Å². The van der Waals surface area contributed by atoms with Gasteiger partial charge >= 0.3 is 0 Å². The summed E-state index contributed by atoms with van der Waals surface area (Å²) in [5.41, 5.74) is 2.28. The molecule has 32 heavy (non-hydrogen) atoms. The maximum Gasteiger partial charge on any atom is 0.286 e. The van der Waals surface area contributed by atoms with Gasteiger partial charge in [-0.15, -0.1) is 4.40 Å². The lowest BCUT2D eigenvalue weighted by molar-refractivity contribution is -0.118. The highest BCUT2D eigenvalue weighted by Gasteiger charge is 2.31. The first-order valence-corrected chi connectivity index (χ1v) is 12.2. The average molecular weight is 470 g/mol. The van der Waals surface area contributed by atoms with Gasteiger partial charge in [0.15, 0.2) is 5.17 Å². The summed E-state index contributed by atoms with van der Waals surface area (Å²) in [6, 6.07) is 22.2. The van der Waals surface area contributed by atoms with Crippen molar-refractivity contribution in [3.8, 4) is 0 Å². The Balaban J connectivity index is 1.50. The van der Waals surface area contributed by atoms with Gasteiger partial charge in [0.1, 0.15) is 10.7 Å². The van der Waals surface area contributed by atoms with Crippen LogP contribution in [0.2, 0.25) is 0 Å². The summed E-state index contributed by atoms with van der Waals surface area (Å²) in [5, 5.41) is 3.00. The van der Waals surface area contributed by atoms with Crippen molar-refractivity contribution in [1.82, 2.24) is 5.32 Å². The van der Waals surface area contributed by atoms with Crippen LogP contribution < -0.4 is 10.2 Å². The molecule has 0 spiro atoms. The smallest absolute Gasteiger partial charge is 0.286 e. The lowest BCUT2D eigenvalue weighted by Gasteiger charge is -2.30. The monoisotopic (exact) mass is 469 g/mol. The van der Waals surface area contributed by atoms with Crippen molar-refractivity contribution in [1.29, 1.82) is 0 Å². The van der Waals surface area contributed by atoms with Crippen molar-refractivity contribution in [2.75, 3.05) is 10.7 Å². The van der Waals surface area contributed by atoms with Gasteiger partial charge in [-0.1, -0.05) is 66.4 Å². The number of rotatable bonds is 6. The molecule has 0 radical (unpaired) electrons. The SMILES string of the molecule is O=C(CSC1=NS(=O)(=O)c2ccccc2N1Cc1ccccc1)NCc1ccc(F)cc1. The third-order valence-corrected chi connectivity index (χ3v) is 7.19. The molecule has 0 unspecified atom stereocenters. The first-order chi connectivity index (χ1) is 15.4. The zero-order chi connectivity index (χ0) is 22.6. The summed E-state index contributed by atoms with van der Waals surface area (Å²) in [6.45, 7) is 0.664. The van der Waals surface area contributed by atoms with Crippen molar-refractivity contribution in [3.63, 3.8) is 0 Å². The van der Waals surface area contributed by atoms with Gasteiger partial charge in [0.25, 0.3) is 10.0 Å². The van der Waals surface area contributed by atoms with E-state index in [1.807, 2.05) is 35.2 Å². The van der Waals surface area contributed by atoms with Gasteiger partial charge in [0.2, 0.25) is 5.91 Å². The Hall–Kier alpha value is -3.17. The Morgan fingerprint density at radius 1 is 0.938 bits per heavy atom. The zero-order valence-corrected chi connectivity index (χ0v) is 18.6. The maximum atomic E-state index is 13.0. The number of anilines is 1. The van der Waals surface area contributed by atoms with Crippen molar-refractivity contribution in [3.05, 3.63) is 95.8 Å². The van der Waals surface area contributed by atoms with Crippen LogP contribution in [0, 0.1) is 5.82 Å². The first-order valence-electron chi connectivity index (χ1n) is 9.82. The summed E-state index contributed by atoms with van der Waals surface area (Å²) >= 11 is 1.06. The molecular weight excluding hydrogens is 449 g/mol. The van der Waals surface area contributed by atoms with E-state index in [0.717, 1.165) is 22.9 Å². The minimum absolute atomic E-state index is 0.0109. The molecule has 3 aromatic rings. The molecule has 0 atom stereocenters. The molecule has 1 aliphatic rings. The van der Waals surface area contributed by atoms with E-state index in [4.69, 9.17) is 0 Å². The molecule has 1 aliphatic heterocycles. The average Bonchev–Trinajstić information content (AvgIpc) is 2.80. The fourth-order valence-electron chi connectivity index (χ4n) is 3.21. The Kier molecular flexibility index (Phi) is 6.57. The Morgan fingerprint density at radius 2 is 1.62 bits per heavy atom. The number of carbonyl (C=O) groups is 1. The summed E-state index contributed by atoms with van der Waals surface area (Å²) in [7, 11) is -3.87. The number of para-hydroxylation sites is 1. The molecule has 3 aromatic carbocycles. The number of benzene rings is 3. The van der Waals surface area contributed by atoms with Gasteiger partial charge in [0, 0.05) is 6.54 Å². The van der Waals surface area contributed by atoms with Crippen LogP contribution in [0.5, 0.6) is 0 Å². The fourth-order valence-corrected chi connectivity index (χ4v) is 5.49. The van der Waals surface area contributed by atoms with Crippen molar-refractivity contribution >= 4 is 38.5 Å². The number of nitrogens with one attached hydrogen (secondary N) is 1. The van der Waals surface area contributed by atoms with E-state index in [1.165, 1.54) is 18.2 Å². The number of nitrogens with zero attached hydrogens (tertiary/aromatic N) is 2. The summed E-state index contributed by atoms with van der Waals surface area (Å²) in [6.07, 6.45) is 0. The number of carbonyl (C=O) groups excluding carboxylic acids is 1. The minimum Gasteiger partial charge on any atom is -0.351 e. The predicted octanol–water partition coefficient (Wildman–Crippen LogP) is 3.94. The van der Waals surface area contributed by atoms with E-state index in [-0.39, 0.29) is 34.1 Å². The molecule has 0 aromatic heterocycles. The highest BCUT2D eigenvalue weighted by Crippen LogP contribution is 2.35. The van der Waals surface area contributed by atoms with E-state index in [1.54, 1.807) is 30.3 Å². The molecule has 0 bridgehead atoms. The number of hydrogen-bond acceptors (Lipinski definition) is 5. The number of hydrogen-bond donors (Lipinski definition) is 1. The molecule has 9 heteroatoms. The van der Waals surface area contributed by atoms with Crippen molar-refractivity contribution in [2.45, 2.75) is 18.0 Å². The van der Waals surface area contributed by atoms with Crippen LogP contribution in [0.4, 0.5) is 10.1 Å². The van der Waals surface area contributed by atoms with Crippen LogP contribution in [0.3, 0.4) is 0 Å². The first kappa shape index (κ1) is 22.0. The van der Waals surface area contributed by atoms with E-state index < -0.39 is 10.0 Å². The highest BCUT2D eigenvalue weighted by atomic mass is 32.2. The van der Waals surface area contributed by atoms with Crippen LogP contribution in [0.25, 0.3) is 0 Å². The van der Waals surface area contributed by atoms with Crippen molar-refractivity contribution < 1.29 is 17.6 Å². The highest BCUT2D eigenvalue weighted by molar-refractivity contribution is 8.15. The lowest BCUT2D eigenvalue weighted by atomic mass is 10.2. The number of thioether (sulfide) groups is 1. The van der Waals surface area contributed by atoms with Gasteiger partial charge < -0.3 is 10.2 Å². The molecule has 164 valence electrons. The Labute approximate surface area is 190 Å². The van der Waals surface area contributed by atoms with E-state index in [0.29, 0.717) is 12.2 Å². The Bertz CT molecular complexity index is 1250. The van der Waals surface area contributed by atoms with Gasteiger partial charge in [-0.2, -0.15) is 8.42 Å². The third-order valence-electron chi connectivity index (χ3n) is 4.78. The quantitative estimate of drug-likeness (QED) is 0.592. The second-order valence-corrected chi connectivity index (χ2v) is 9.60. The number of amides is 1. The summed E-state index contributed by atoms with van der Waals surface area (Å²) in [5.74, 6) is -0.632. The molecule has 1 N–H and O–H groups in total. The fraction of sp³-hybridized carbons (Fsp3) is 0.130. The lowest BCUT2D eigenvalue weighted by Crippen LogP contribution is -2.35. The zero-order valence-electron chi connectivity index (χ0n) is 16.9. The van der Waals surface area contributed by atoms with Crippen LogP contribution >= 0.6 is 11.8 Å². The molecule has 0 fully saturated rings. The second-order valence-electron chi connectivity index (χ2n) is 7.08. The Morgan fingerprint density at radius 3 is 2.38 bits per heavy atom. The molecule has 4 rings (SSSR count). The topological polar surface area (TPSA) is 78.8 Å². The number of sulfonamides is 1. The van der Waals surface area contributed by atoms with Gasteiger partial charge in [-0.05, 0) is 35.4 Å². The number of fused-ring (bicyclic) bond motifs is 1. The summed E-state index contributed by atoms with van der Waals surface area (Å²) in [4.78, 5) is 14.3. The number of halogens is 1. The largest absolute Gasteiger partial charge is 0.351 e. The van der Waals surface area contributed by atoms with E-state index >= 15 is 0 Å². The van der Waals surface area contributed by atoms with Crippen LogP contribution in [-0.2, 0) is 27.9 Å². The molecule has 0 aliphatic carbocycles. The minimum atomic E-state index is -3.87. The molecule has 0 saturated carbocycles. The molecule has 1 amide bonds. The van der Waals surface area contributed by atoms with Gasteiger partial charge in [-0.25, -0.2) is 4.39 Å². The molecule has 6 nitrogen and oxygen atoms in total. The van der Waals surface area contributed by atoms with Crippen molar-refractivity contribution in [2.24, 2.45) is 4.40 Å². The molecule has 0 saturated heterocycles. The normalized spacial score (nSPS) is 14.4. The van der Waals surface area contributed by atoms with Gasteiger partial charge in [-0.3, -0.25) is 4.79 Å². The maximum absolute atomic E-state index is 13.0. The predicted molar refractivity (Wildman–Crippen MR) is 124 cm³/mol. The number of amidine groups is 1. The van der Waals surface area contributed by atoms with Crippen LogP contribution in [0.15, 0.2) is 88.2 Å². The van der Waals surface area contributed by atoms with Gasteiger partial charge in [0.05, 0.1) is 18.0 Å². The standard InChI is InChI=1S/C23H20FN3O3S2/c24-19-12-10-17(11-13-19)14-25-22(28)16-31-23-26-32(29,30)21-9-5-4-8-20(21)27(23)15-18-6-2-1-3-7-18/h1-13H,14-16H2,(H,25,28).